The molecule has 0 spiro atoms. The molecule has 0 aliphatic carbocycles. The fourth-order valence-corrected chi connectivity index (χ4v) is 2.26. The minimum absolute atomic E-state index is 0.0549. The second-order valence-corrected chi connectivity index (χ2v) is 6.12. The second-order valence-electron chi connectivity index (χ2n) is 6.12. The summed E-state index contributed by atoms with van der Waals surface area (Å²) in [6.07, 6.45) is 2.70. The Morgan fingerprint density at radius 1 is 1.44 bits per heavy atom. The zero-order chi connectivity index (χ0) is 13.8. The van der Waals surface area contributed by atoms with Crippen LogP contribution in [0.4, 0.5) is 4.79 Å². The van der Waals surface area contributed by atoms with Gasteiger partial charge in [0.25, 0.3) is 0 Å². The second kappa shape index (κ2) is 5.89. The molecule has 1 saturated heterocycles. The Morgan fingerprint density at radius 2 is 2.11 bits per heavy atom. The Balaban J connectivity index is 2.51. The summed E-state index contributed by atoms with van der Waals surface area (Å²) in [6.45, 7) is 6.94. The van der Waals surface area contributed by atoms with E-state index in [1.807, 2.05) is 27.8 Å². The normalized spacial score (nSPS) is 25.8. The van der Waals surface area contributed by atoms with Gasteiger partial charge in [-0.1, -0.05) is 6.42 Å². The number of ether oxygens (including phenoxy) is 1. The molecule has 106 valence electrons. The van der Waals surface area contributed by atoms with Crippen molar-refractivity contribution in [3.63, 3.8) is 0 Å². The van der Waals surface area contributed by atoms with Crippen LogP contribution in [0.3, 0.4) is 0 Å². The highest BCUT2D eigenvalue weighted by molar-refractivity contribution is 5.67. The Bertz CT molecular complexity index is 288. The summed E-state index contributed by atoms with van der Waals surface area (Å²) in [4.78, 5) is 13.8. The van der Waals surface area contributed by atoms with Gasteiger partial charge in [-0.05, 0) is 47.2 Å². The molecular formula is C13H26N2O3. The molecule has 0 aromatic carbocycles. The lowest BCUT2D eigenvalue weighted by molar-refractivity contribution is 0.0112. The topological polar surface area (TPSA) is 61.8 Å². The van der Waals surface area contributed by atoms with Gasteiger partial charge in [-0.2, -0.15) is 0 Å². The van der Waals surface area contributed by atoms with Crippen LogP contribution in [-0.2, 0) is 4.74 Å². The molecule has 0 aromatic heterocycles. The quantitative estimate of drug-likeness (QED) is 0.802. The minimum atomic E-state index is -0.491. The van der Waals surface area contributed by atoms with Gasteiger partial charge in [-0.15, -0.1) is 0 Å². The summed E-state index contributed by atoms with van der Waals surface area (Å²) < 4.78 is 5.20. The van der Waals surface area contributed by atoms with Crippen molar-refractivity contribution in [1.29, 1.82) is 0 Å². The average molecular weight is 258 g/mol. The number of carbonyl (C=O) groups excluding carboxylic acids is 1. The Morgan fingerprint density at radius 3 is 2.61 bits per heavy atom. The highest BCUT2D eigenvalue weighted by atomic mass is 16.6. The van der Waals surface area contributed by atoms with Crippen molar-refractivity contribution >= 4 is 6.09 Å². The fraction of sp³-hybridized carbons (Fsp3) is 0.923. The van der Waals surface area contributed by atoms with E-state index in [1.165, 1.54) is 0 Å². The van der Waals surface area contributed by atoms with Gasteiger partial charge in [0.05, 0.1) is 12.1 Å². The third-order valence-corrected chi connectivity index (χ3v) is 3.45. The van der Waals surface area contributed by atoms with Crippen LogP contribution in [-0.4, -0.2) is 54.0 Å². The maximum atomic E-state index is 11.6. The van der Waals surface area contributed by atoms with Gasteiger partial charge in [0, 0.05) is 6.54 Å². The number of likely N-dealkylation sites (N-methyl/N-ethyl adjacent to an activating group) is 1. The lowest BCUT2D eigenvalue weighted by atomic mass is 9.87. The van der Waals surface area contributed by atoms with Crippen LogP contribution in [0.2, 0.25) is 0 Å². The first-order valence-electron chi connectivity index (χ1n) is 6.58. The summed E-state index contributed by atoms with van der Waals surface area (Å²) in [7, 11) is 1.99. The molecule has 0 radical (unpaired) electrons. The van der Waals surface area contributed by atoms with E-state index in [9.17, 15) is 9.90 Å². The summed E-state index contributed by atoms with van der Waals surface area (Å²) in [5, 5.41) is 12.4. The van der Waals surface area contributed by atoms with Gasteiger partial charge in [-0.25, -0.2) is 4.79 Å². The summed E-state index contributed by atoms with van der Waals surface area (Å²) in [6, 6.07) is 0. The molecule has 1 fully saturated rings. The zero-order valence-electron chi connectivity index (χ0n) is 12.0. The van der Waals surface area contributed by atoms with E-state index in [1.54, 1.807) is 0 Å². The van der Waals surface area contributed by atoms with E-state index < -0.39 is 11.7 Å². The lowest BCUT2D eigenvalue weighted by Crippen LogP contribution is -2.59. The minimum Gasteiger partial charge on any atom is -0.444 e. The predicted molar refractivity (Wildman–Crippen MR) is 70.5 cm³/mol. The van der Waals surface area contributed by atoms with Gasteiger partial charge >= 0.3 is 6.09 Å². The number of nitrogens with zero attached hydrogens (tertiary/aromatic N) is 1. The predicted octanol–water partition coefficient (Wildman–Crippen LogP) is 1.36. The van der Waals surface area contributed by atoms with Crippen molar-refractivity contribution in [2.45, 2.75) is 51.2 Å². The van der Waals surface area contributed by atoms with Crippen LogP contribution in [0.5, 0.6) is 0 Å². The Kier molecular flexibility index (Phi) is 4.99. The standard InChI is InChI=1S/C13H26N2O3/c1-12(2,3)18-11(17)14-9-13(10-16)7-5-6-8-15(13)4/h16H,5-10H2,1-4H3,(H,14,17). The number of carbonyl (C=O) groups is 1. The Labute approximate surface area is 109 Å². The number of piperidine rings is 1. The number of aliphatic hydroxyl groups excluding tert-OH is 1. The van der Waals surface area contributed by atoms with E-state index >= 15 is 0 Å². The molecule has 1 rings (SSSR count). The average Bonchev–Trinajstić information content (AvgIpc) is 2.26. The van der Waals surface area contributed by atoms with E-state index in [0.717, 1.165) is 25.8 Å². The van der Waals surface area contributed by atoms with Crippen molar-refractivity contribution in [1.82, 2.24) is 10.2 Å². The molecule has 5 nitrogen and oxygen atoms in total. The number of rotatable bonds is 3. The number of alkyl carbamates (subject to hydrolysis) is 1. The van der Waals surface area contributed by atoms with Crippen LogP contribution >= 0.6 is 0 Å². The fourth-order valence-electron chi connectivity index (χ4n) is 2.26. The van der Waals surface area contributed by atoms with E-state index in [2.05, 4.69) is 10.2 Å². The van der Waals surface area contributed by atoms with Crippen molar-refractivity contribution in [2.75, 3.05) is 26.7 Å². The van der Waals surface area contributed by atoms with Crippen molar-refractivity contribution in [3.05, 3.63) is 0 Å². The van der Waals surface area contributed by atoms with E-state index in [0.29, 0.717) is 6.54 Å². The van der Waals surface area contributed by atoms with E-state index in [4.69, 9.17) is 4.74 Å². The zero-order valence-corrected chi connectivity index (χ0v) is 12.0. The molecule has 1 heterocycles. The number of hydrogen-bond donors (Lipinski definition) is 2. The first-order valence-corrected chi connectivity index (χ1v) is 6.58. The lowest BCUT2D eigenvalue weighted by Gasteiger charge is -2.44. The first-order chi connectivity index (χ1) is 8.29. The summed E-state index contributed by atoms with van der Waals surface area (Å²) >= 11 is 0. The number of amides is 1. The van der Waals surface area contributed by atoms with Gasteiger partial charge in [-0.3, -0.25) is 4.90 Å². The molecule has 18 heavy (non-hydrogen) atoms. The molecule has 1 amide bonds. The van der Waals surface area contributed by atoms with Crippen LogP contribution < -0.4 is 5.32 Å². The number of aliphatic hydroxyl groups is 1. The van der Waals surface area contributed by atoms with Crippen LogP contribution in [0.15, 0.2) is 0 Å². The third kappa shape index (κ3) is 4.14. The number of hydrogen-bond acceptors (Lipinski definition) is 4. The van der Waals surface area contributed by atoms with Crippen LogP contribution in [0, 0.1) is 0 Å². The first kappa shape index (κ1) is 15.2. The largest absolute Gasteiger partial charge is 0.444 e. The monoisotopic (exact) mass is 258 g/mol. The van der Waals surface area contributed by atoms with Gasteiger partial charge in [0.15, 0.2) is 0 Å². The molecule has 0 bridgehead atoms. The van der Waals surface area contributed by atoms with Crippen molar-refractivity contribution in [3.8, 4) is 0 Å². The molecule has 1 atom stereocenters. The molecule has 2 N–H and O–H groups in total. The maximum Gasteiger partial charge on any atom is 0.407 e. The molecule has 1 aliphatic heterocycles. The van der Waals surface area contributed by atoms with Crippen LogP contribution in [0.1, 0.15) is 40.0 Å². The smallest absolute Gasteiger partial charge is 0.407 e. The van der Waals surface area contributed by atoms with Gasteiger partial charge in [0.1, 0.15) is 5.60 Å². The summed E-state index contributed by atoms with van der Waals surface area (Å²) in [5.41, 5.74) is -0.829. The SMILES string of the molecule is CN1CCCCC1(CO)CNC(=O)OC(C)(C)C. The maximum absolute atomic E-state index is 11.6. The molecule has 0 saturated carbocycles. The summed E-state index contributed by atoms with van der Waals surface area (Å²) in [5.74, 6) is 0. The number of likely N-dealkylation sites (tertiary alicyclic amines) is 1. The highest BCUT2D eigenvalue weighted by Crippen LogP contribution is 2.25. The van der Waals surface area contributed by atoms with E-state index in [-0.39, 0.29) is 12.1 Å². The van der Waals surface area contributed by atoms with Crippen molar-refractivity contribution < 1.29 is 14.6 Å². The molecule has 1 unspecified atom stereocenters. The van der Waals surface area contributed by atoms with Crippen molar-refractivity contribution in [2.24, 2.45) is 0 Å². The molecule has 1 aliphatic rings. The van der Waals surface area contributed by atoms with Crippen LogP contribution in [0.25, 0.3) is 0 Å². The Hall–Kier alpha value is -0.810. The third-order valence-electron chi connectivity index (χ3n) is 3.45. The molecular weight excluding hydrogens is 232 g/mol. The number of nitrogens with one attached hydrogen (secondary N) is 1. The van der Waals surface area contributed by atoms with Gasteiger partial charge < -0.3 is 15.2 Å². The highest BCUT2D eigenvalue weighted by Gasteiger charge is 2.36. The molecule has 0 aromatic rings. The molecule has 5 heteroatoms. The van der Waals surface area contributed by atoms with Gasteiger partial charge in [0.2, 0.25) is 0 Å².